The van der Waals surface area contributed by atoms with Crippen LogP contribution in [0, 0.1) is 18.3 Å². The molecular formula is C11H13N3O. The molecule has 0 amide bonds. The summed E-state index contributed by atoms with van der Waals surface area (Å²) in [5, 5.41) is 9.00. The van der Waals surface area contributed by atoms with Crippen LogP contribution in [-0.2, 0) is 4.74 Å². The number of hydrogen-bond acceptors (Lipinski definition) is 4. The van der Waals surface area contributed by atoms with Gasteiger partial charge in [0, 0.05) is 18.8 Å². The van der Waals surface area contributed by atoms with Crippen LogP contribution in [0.1, 0.15) is 11.4 Å². The minimum Gasteiger partial charge on any atom is -0.378 e. The number of nitrogens with zero attached hydrogens (tertiary/aromatic N) is 3. The zero-order chi connectivity index (χ0) is 10.7. The van der Waals surface area contributed by atoms with Gasteiger partial charge in [0.05, 0.1) is 18.9 Å². The normalized spacial score (nSPS) is 16.1. The Morgan fingerprint density at radius 3 is 2.80 bits per heavy atom. The molecule has 1 aromatic rings. The van der Waals surface area contributed by atoms with Crippen molar-refractivity contribution in [3.05, 3.63) is 23.5 Å². The van der Waals surface area contributed by atoms with E-state index in [4.69, 9.17) is 10.00 Å². The van der Waals surface area contributed by atoms with Gasteiger partial charge in [0.25, 0.3) is 0 Å². The topological polar surface area (TPSA) is 49.1 Å². The van der Waals surface area contributed by atoms with Crippen molar-refractivity contribution < 1.29 is 4.74 Å². The van der Waals surface area contributed by atoms with Crippen LogP contribution < -0.4 is 4.90 Å². The Bertz CT molecular complexity index is 391. The Hall–Kier alpha value is -1.60. The predicted molar refractivity (Wildman–Crippen MR) is 56.7 cm³/mol. The molecule has 0 bridgehead atoms. The Morgan fingerprint density at radius 1 is 1.40 bits per heavy atom. The first-order valence-corrected chi connectivity index (χ1v) is 5.01. The second-order valence-corrected chi connectivity index (χ2v) is 3.53. The molecule has 0 radical (unpaired) electrons. The Labute approximate surface area is 89.1 Å². The lowest BCUT2D eigenvalue weighted by molar-refractivity contribution is 0.122. The Balaban J connectivity index is 2.30. The summed E-state index contributed by atoms with van der Waals surface area (Å²) in [6, 6.07) is 6.04. The lowest BCUT2D eigenvalue weighted by Crippen LogP contribution is -2.36. The molecule has 0 unspecified atom stereocenters. The number of aromatic nitrogens is 1. The van der Waals surface area contributed by atoms with Crippen LogP contribution in [0.3, 0.4) is 0 Å². The fourth-order valence-corrected chi connectivity index (χ4v) is 1.69. The summed E-state index contributed by atoms with van der Waals surface area (Å²) in [5.41, 5.74) is 2.31. The molecule has 1 saturated heterocycles. The van der Waals surface area contributed by atoms with E-state index in [9.17, 15) is 0 Å². The van der Waals surface area contributed by atoms with Gasteiger partial charge in [0.1, 0.15) is 6.07 Å². The third-order valence-corrected chi connectivity index (χ3v) is 2.47. The predicted octanol–water partition coefficient (Wildman–Crippen LogP) is 1.10. The van der Waals surface area contributed by atoms with Gasteiger partial charge in [-0.1, -0.05) is 0 Å². The molecule has 1 aliphatic rings. The average molecular weight is 203 g/mol. The highest BCUT2D eigenvalue weighted by atomic mass is 16.5. The molecule has 0 aliphatic carbocycles. The van der Waals surface area contributed by atoms with Gasteiger partial charge in [-0.15, -0.1) is 0 Å². The molecule has 0 atom stereocenters. The summed E-state index contributed by atoms with van der Waals surface area (Å²) in [7, 11) is 0. The van der Waals surface area contributed by atoms with Crippen LogP contribution in [0.4, 0.5) is 5.69 Å². The van der Waals surface area contributed by atoms with Gasteiger partial charge in [0.15, 0.2) is 5.69 Å². The van der Waals surface area contributed by atoms with E-state index in [2.05, 4.69) is 16.0 Å². The molecule has 1 fully saturated rings. The molecule has 4 nitrogen and oxygen atoms in total. The number of anilines is 1. The van der Waals surface area contributed by atoms with E-state index in [1.807, 2.05) is 19.1 Å². The van der Waals surface area contributed by atoms with E-state index in [1.165, 1.54) is 0 Å². The van der Waals surface area contributed by atoms with Crippen molar-refractivity contribution in [1.29, 1.82) is 5.26 Å². The molecule has 78 valence electrons. The largest absolute Gasteiger partial charge is 0.378 e. The van der Waals surface area contributed by atoms with E-state index < -0.39 is 0 Å². The van der Waals surface area contributed by atoms with Gasteiger partial charge in [-0.25, -0.2) is 4.98 Å². The standard InChI is InChI=1S/C11H13N3O/c1-9-2-3-11(10(8-12)13-9)14-4-6-15-7-5-14/h2-3H,4-7H2,1H3. The van der Waals surface area contributed by atoms with Gasteiger partial charge in [0.2, 0.25) is 0 Å². The van der Waals surface area contributed by atoms with E-state index in [1.54, 1.807) is 0 Å². The zero-order valence-electron chi connectivity index (χ0n) is 8.73. The third kappa shape index (κ3) is 2.08. The van der Waals surface area contributed by atoms with Gasteiger partial charge in [-0.05, 0) is 19.1 Å². The van der Waals surface area contributed by atoms with E-state index in [0.29, 0.717) is 5.69 Å². The molecular weight excluding hydrogens is 190 g/mol. The van der Waals surface area contributed by atoms with Crippen molar-refractivity contribution in [2.24, 2.45) is 0 Å². The van der Waals surface area contributed by atoms with Crippen molar-refractivity contribution >= 4 is 5.69 Å². The number of nitriles is 1. The maximum atomic E-state index is 9.00. The highest BCUT2D eigenvalue weighted by Crippen LogP contribution is 2.19. The van der Waals surface area contributed by atoms with E-state index >= 15 is 0 Å². The van der Waals surface area contributed by atoms with Gasteiger partial charge >= 0.3 is 0 Å². The summed E-state index contributed by atoms with van der Waals surface area (Å²) in [6.45, 7) is 5.00. The fourth-order valence-electron chi connectivity index (χ4n) is 1.69. The number of morpholine rings is 1. The molecule has 0 aromatic carbocycles. The fraction of sp³-hybridized carbons (Fsp3) is 0.455. The second-order valence-electron chi connectivity index (χ2n) is 3.53. The maximum absolute atomic E-state index is 9.00. The number of aryl methyl sites for hydroxylation is 1. The number of pyridine rings is 1. The van der Waals surface area contributed by atoms with E-state index in [0.717, 1.165) is 37.7 Å². The number of hydrogen-bond donors (Lipinski definition) is 0. The SMILES string of the molecule is Cc1ccc(N2CCOCC2)c(C#N)n1. The van der Waals surface area contributed by atoms with Gasteiger partial charge in [-0.3, -0.25) is 0 Å². The summed E-state index contributed by atoms with van der Waals surface area (Å²) < 4.78 is 5.27. The minimum absolute atomic E-state index is 0.511. The highest BCUT2D eigenvalue weighted by Gasteiger charge is 2.15. The molecule has 0 spiro atoms. The summed E-state index contributed by atoms with van der Waals surface area (Å²) in [4.78, 5) is 6.37. The molecule has 4 heteroatoms. The number of rotatable bonds is 1. The minimum atomic E-state index is 0.511. The number of ether oxygens (including phenoxy) is 1. The second kappa shape index (κ2) is 4.28. The summed E-state index contributed by atoms with van der Waals surface area (Å²) in [6.07, 6.45) is 0. The van der Waals surface area contributed by atoms with Crippen LogP contribution in [0.5, 0.6) is 0 Å². The first-order valence-electron chi connectivity index (χ1n) is 5.01. The quantitative estimate of drug-likeness (QED) is 0.685. The molecule has 2 rings (SSSR count). The molecule has 15 heavy (non-hydrogen) atoms. The van der Waals surface area contributed by atoms with Gasteiger partial charge < -0.3 is 9.64 Å². The van der Waals surface area contributed by atoms with Crippen molar-refractivity contribution in [3.8, 4) is 6.07 Å². The van der Waals surface area contributed by atoms with Gasteiger partial charge in [-0.2, -0.15) is 5.26 Å². The van der Waals surface area contributed by atoms with Crippen molar-refractivity contribution in [1.82, 2.24) is 4.98 Å². The summed E-state index contributed by atoms with van der Waals surface area (Å²) in [5.74, 6) is 0. The summed E-state index contributed by atoms with van der Waals surface area (Å²) >= 11 is 0. The zero-order valence-corrected chi connectivity index (χ0v) is 8.73. The smallest absolute Gasteiger partial charge is 0.164 e. The molecule has 1 aliphatic heterocycles. The lowest BCUT2D eigenvalue weighted by atomic mass is 10.2. The van der Waals surface area contributed by atoms with Crippen LogP contribution in [0.2, 0.25) is 0 Å². The van der Waals surface area contributed by atoms with Crippen molar-refractivity contribution in [3.63, 3.8) is 0 Å². The van der Waals surface area contributed by atoms with Crippen LogP contribution in [0.25, 0.3) is 0 Å². The van der Waals surface area contributed by atoms with Crippen LogP contribution >= 0.6 is 0 Å². The molecule has 0 N–H and O–H groups in total. The van der Waals surface area contributed by atoms with Crippen LogP contribution in [0.15, 0.2) is 12.1 Å². The Kier molecular flexibility index (Phi) is 2.84. The van der Waals surface area contributed by atoms with E-state index in [-0.39, 0.29) is 0 Å². The molecule has 2 heterocycles. The third-order valence-electron chi connectivity index (χ3n) is 2.47. The van der Waals surface area contributed by atoms with Crippen molar-refractivity contribution in [2.45, 2.75) is 6.92 Å². The Morgan fingerprint density at radius 2 is 2.13 bits per heavy atom. The maximum Gasteiger partial charge on any atom is 0.164 e. The highest BCUT2D eigenvalue weighted by molar-refractivity contribution is 5.56. The molecule has 0 saturated carbocycles. The first kappa shape index (κ1) is 9.94. The van der Waals surface area contributed by atoms with Crippen molar-refractivity contribution in [2.75, 3.05) is 31.2 Å². The first-order chi connectivity index (χ1) is 7.31. The monoisotopic (exact) mass is 203 g/mol. The van der Waals surface area contributed by atoms with Crippen LogP contribution in [-0.4, -0.2) is 31.3 Å². The average Bonchev–Trinajstić information content (AvgIpc) is 2.30. The molecule has 1 aromatic heterocycles. The lowest BCUT2D eigenvalue weighted by Gasteiger charge is -2.29.